The number of ether oxygens (including phenoxy) is 1. The van der Waals surface area contributed by atoms with E-state index in [2.05, 4.69) is 5.32 Å². The number of likely N-dealkylation sites (N-methyl/N-ethyl adjacent to an activating group) is 1. The highest BCUT2D eigenvalue weighted by atomic mass is 19.4. The van der Waals surface area contributed by atoms with Crippen LogP contribution in [0.3, 0.4) is 0 Å². The summed E-state index contributed by atoms with van der Waals surface area (Å²) in [6, 6.07) is 2.32. The maximum Gasteiger partial charge on any atom is 0.423 e. The first-order chi connectivity index (χ1) is 11.8. The lowest BCUT2D eigenvalue weighted by Gasteiger charge is -2.39. The third-order valence-corrected chi connectivity index (χ3v) is 4.99. The summed E-state index contributed by atoms with van der Waals surface area (Å²) in [6.45, 7) is 0.888. The quantitative estimate of drug-likeness (QED) is 0.815. The smallest absolute Gasteiger partial charge is 0.359 e. The molecule has 1 aromatic carbocycles. The maximum atomic E-state index is 14.2. The van der Waals surface area contributed by atoms with E-state index in [0.29, 0.717) is 0 Å². The van der Waals surface area contributed by atoms with Crippen LogP contribution in [0.4, 0.5) is 28.0 Å². The van der Waals surface area contributed by atoms with Gasteiger partial charge in [0.1, 0.15) is 5.82 Å². The fourth-order valence-electron chi connectivity index (χ4n) is 3.20. The third-order valence-electron chi connectivity index (χ3n) is 4.99. The number of hydrogen-bond donors (Lipinski definition) is 1. The van der Waals surface area contributed by atoms with Gasteiger partial charge in [0.05, 0.1) is 13.2 Å². The standard InChI is InChI=1S/C17H20F4N2O2/c1-2-23-10-16(17(19,20)21,25-9-11-4-3-5-11)13-8-12(18)6-7-14(13)22-15(23)24/h6-8,11H,2-5,9-10H2,1H3,(H,22,24). The normalized spacial score (nSPS) is 24.4. The molecule has 1 heterocycles. The number of alkyl halides is 3. The number of fused-ring (bicyclic) bond motifs is 1. The molecule has 0 aromatic heterocycles. The van der Waals surface area contributed by atoms with Crippen molar-refractivity contribution in [1.29, 1.82) is 0 Å². The maximum absolute atomic E-state index is 14.2. The van der Waals surface area contributed by atoms with Crippen molar-refractivity contribution in [3.05, 3.63) is 29.6 Å². The molecule has 2 amide bonds. The Morgan fingerprint density at radius 3 is 2.64 bits per heavy atom. The monoisotopic (exact) mass is 360 g/mol. The van der Waals surface area contributed by atoms with E-state index in [-0.39, 0.29) is 30.3 Å². The summed E-state index contributed by atoms with van der Waals surface area (Å²) >= 11 is 0. The Labute approximate surface area is 143 Å². The van der Waals surface area contributed by atoms with Crippen LogP contribution in [0.15, 0.2) is 18.2 Å². The second-order valence-electron chi connectivity index (χ2n) is 6.57. The minimum Gasteiger partial charge on any atom is -0.359 e. The Morgan fingerprint density at radius 1 is 1.36 bits per heavy atom. The van der Waals surface area contributed by atoms with Gasteiger partial charge in [-0.3, -0.25) is 0 Å². The zero-order valence-electron chi connectivity index (χ0n) is 13.8. The Balaban J connectivity index is 2.10. The number of hydrogen-bond acceptors (Lipinski definition) is 2. The van der Waals surface area contributed by atoms with E-state index in [0.717, 1.165) is 42.4 Å². The predicted octanol–water partition coefficient (Wildman–Crippen LogP) is 4.27. The van der Waals surface area contributed by atoms with E-state index in [4.69, 9.17) is 4.74 Å². The van der Waals surface area contributed by atoms with Crippen LogP contribution < -0.4 is 5.32 Å². The number of benzene rings is 1. The number of carbonyl (C=O) groups is 1. The van der Waals surface area contributed by atoms with Crippen molar-refractivity contribution in [2.24, 2.45) is 5.92 Å². The van der Waals surface area contributed by atoms with Crippen molar-refractivity contribution in [2.75, 3.05) is 25.0 Å². The first-order valence-corrected chi connectivity index (χ1v) is 8.33. The van der Waals surface area contributed by atoms with E-state index in [1.807, 2.05) is 0 Å². The molecule has 25 heavy (non-hydrogen) atoms. The predicted molar refractivity (Wildman–Crippen MR) is 83.7 cm³/mol. The van der Waals surface area contributed by atoms with Crippen molar-refractivity contribution in [1.82, 2.24) is 4.90 Å². The molecule has 1 unspecified atom stereocenters. The van der Waals surface area contributed by atoms with Gasteiger partial charge in [-0.25, -0.2) is 9.18 Å². The third kappa shape index (κ3) is 3.19. The Kier molecular flexibility index (Phi) is 4.66. The molecular formula is C17H20F4N2O2. The van der Waals surface area contributed by atoms with Gasteiger partial charge in [0.25, 0.3) is 0 Å². The van der Waals surface area contributed by atoms with Gasteiger partial charge >= 0.3 is 12.2 Å². The van der Waals surface area contributed by atoms with E-state index in [9.17, 15) is 22.4 Å². The summed E-state index contributed by atoms with van der Waals surface area (Å²) in [5.41, 5.74) is -3.22. The van der Waals surface area contributed by atoms with Crippen molar-refractivity contribution in [3.8, 4) is 0 Å². The fourth-order valence-corrected chi connectivity index (χ4v) is 3.20. The average Bonchev–Trinajstić information content (AvgIpc) is 2.60. The molecule has 0 spiro atoms. The van der Waals surface area contributed by atoms with Crippen LogP contribution in [0, 0.1) is 11.7 Å². The second kappa shape index (κ2) is 6.48. The van der Waals surface area contributed by atoms with Gasteiger partial charge in [-0.2, -0.15) is 13.2 Å². The van der Waals surface area contributed by atoms with Gasteiger partial charge in [-0.05, 0) is 43.9 Å². The number of halogens is 4. The van der Waals surface area contributed by atoms with Crippen LogP contribution in [0.2, 0.25) is 0 Å². The summed E-state index contributed by atoms with van der Waals surface area (Å²) in [7, 11) is 0. The molecule has 2 aliphatic rings. The molecule has 1 N–H and O–H groups in total. The fraction of sp³-hybridized carbons (Fsp3) is 0.588. The SMILES string of the molecule is CCN1CC(OCC2CCC2)(C(F)(F)F)c2cc(F)ccc2NC1=O. The van der Waals surface area contributed by atoms with Crippen LogP contribution in [0.25, 0.3) is 0 Å². The van der Waals surface area contributed by atoms with Gasteiger partial charge in [0.15, 0.2) is 0 Å². The molecule has 0 radical (unpaired) electrons. The van der Waals surface area contributed by atoms with E-state index in [1.54, 1.807) is 6.92 Å². The lowest BCUT2D eigenvalue weighted by atomic mass is 9.85. The Hall–Kier alpha value is -1.83. The number of anilines is 1. The van der Waals surface area contributed by atoms with Crippen LogP contribution in [-0.2, 0) is 10.3 Å². The number of amides is 2. The molecule has 1 aliphatic carbocycles. The van der Waals surface area contributed by atoms with Crippen molar-refractivity contribution >= 4 is 11.7 Å². The summed E-state index contributed by atoms with van der Waals surface area (Å²) in [5.74, 6) is -0.739. The molecule has 3 rings (SSSR count). The van der Waals surface area contributed by atoms with E-state index in [1.165, 1.54) is 0 Å². The number of nitrogens with zero attached hydrogens (tertiary/aromatic N) is 1. The van der Waals surface area contributed by atoms with Crippen molar-refractivity contribution in [2.45, 2.75) is 38.0 Å². The zero-order valence-corrected chi connectivity index (χ0v) is 13.8. The lowest BCUT2D eigenvalue weighted by Crippen LogP contribution is -2.53. The number of rotatable bonds is 4. The highest BCUT2D eigenvalue weighted by Crippen LogP contribution is 2.48. The second-order valence-corrected chi connectivity index (χ2v) is 6.57. The lowest BCUT2D eigenvalue weighted by molar-refractivity contribution is -0.291. The minimum absolute atomic E-state index is 0.0678. The molecule has 0 bridgehead atoms. The topological polar surface area (TPSA) is 41.6 Å². The number of nitrogens with one attached hydrogen (secondary N) is 1. The van der Waals surface area contributed by atoms with Gasteiger partial charge < -0.3 is 15.0 Å². The number of urea groups is 1. The first-order valence-electron chi connectivity index (χ1n) is 8.33. The van der Waals surface area contributed by atoms with Gasteiger partial charge in [0, 0.05) is 17.8 Å². The van der Waals surface area contributed by atoms with Crippen LogP contribution >= 0.6 is 0 Å². The molecule has 8 heteroatoms. The minimum atomic E-state index is -4.81. The molecule has 4 nitrogen and oxygen atoms in total. The highest BCUT2D eigenvalue weighted by Gasteiger charge is 2.60. The summed E-state index contributed by atoms with van der Waals surface area (Å²) in [6.07, 6.45) is -2.20. The molecule has 1 fully saturated rings. The molecule has 1 aromatic rings. The summed E-state index contributed by atoms with van der Waals surface area (Å²) in [5, 5.41) is 2.43. The molecule has 0 saturated heterocycles. The molecule has 1 saturated carbocycles. The van der Waals surface area contributed by atoms with Crippen LogP contribution in [-0.4, -0.2) is 36.8 Å². The summed E-state index contributed by atoms with van der Waals surface area (Å²) in [4.78, 5) is 13.2. The van der Waals surface area contributed by atoms with Gasteiger partial charge in [-0.15, -0.1) is 0 Å². The van der Waals surface area contributed by atoms with Crippen LogP contribution in [0.5, 0.6) is 0 Å². The van der Waals surface area contributed by atoms with Crippen molar-refractivity contribution < 1.29 is 27.1 Å². The Bertz CT molecular complexity index is 661. The van der Waals surface area contributed by atoms with E-state index < -0.39 is 30.2 Å². The number of carbonyl (C=O) groups excluding carboxylic acids is 1. The largest absolute Gasteiger partial charge is 0.423 e. The summed E-state index contributed by atoms with van der Waals surface area (Å²) < 4.78 is 61.8. The van der Waals surface area contributed by atoms with Crippen molar-refractivity contribution in [3.63, 3.8) is 0 Å². The van der Waals surface area contributed by atoms with Crippen LogP contribution in [0.1, 0.15) is 31.7 Å². The highest BCUT2D eigenvalue weighted by molar-refractivity contribution is 5.91. The Morgan fingerprint density at radius 2 is 2.08 bits per heavy atom. The van der Waals surface area contributed by atoms with E-state index >= 15 is 0 Å². The molecular weight excluding hydrogens is 340 g/mol. The van der Waals surface area contributed by atoms with Gasteiger partial charge in [-0.1, -0.05) is 6.42 Å². The molecule has 1 aliphatic heterocycles. The average molecular weight is 360 g/mol. The first kappa shape index (κ1) is 18.0. The van der Waals surface area contributed by atoms with Gasteiger partial charge in [0.2, 0.25) is 5.60 Å². The zero-order chi connectivity index (χ0) is 18.2. The molecule has 1 atom stereocenters. The molecule has 138 valence electrons.